The first kappa shape index (κ1) is 34.4. The summed E-state index contributed by atoms with van der Waals surface area (Å²) in [6.45, 7) is 13.2. The Morgan fingerprint density at radius 2 is 1.51 bits per heavy atom. The summed E-state index contributed by atoms with van der Waals surface area (Å²) in [6, 6.07) is 34.8. The van der Waals surface area contributed by atoms with Gasteiger partial charge in [-0.3, -0.25) is 4.68 Å². The van der Waals surface area contributed by atoms with E-state index < -0.39 is 0 Å². The monoisotopic (exact) mass is 736 g/mol. The summed E-state index contributed by atoms with van der Waals surface area (Å²) in [5.41, 5.74) is 12.8. The van der Waals surface area contributed by atoms with E-state index in [1.165, 1.54) is 33.5 Å². The largest absolute Gasteiger partial charge is 2.00 e. The molecule has 4 aromatic carbocycles. The number of ether oxygens (including phenoxy) is 1. The third-order valence-corrected chi connectivity index (χ3v) is 9.19. The molecule has 0 fully saturated rings. The van der Waals surface area contributed by atoms with Gasteiger partial charge in [-0.2, -0.15) is 16.7 Å². The Morgan fingerprint density at radius 3 is 2.24 bits per heavy atom. The van der Waals surface area contributed by atoms with Gasteiger partial charge in [-0.25, -0.2) is 4.98 Å². The molecule has 0 saturated carbocycles. The second-order valence-electron chi connectivity index (χ2n) is 12.8. The van der Waals surface area contributed by atoms with Gasteiger partial charge in [0.15, 0.2) is 0 Å². The number of rotatable bonds is 10. The van der Waals surface area contributed by atoms with Gasteiger partial charge in [0, 0.05) is 34.5 Å². The second-order valence-corrected chi connectivity index (χ2v) is 12.8. The van der Waals surface area contributed by atoms with Crippen LogP contribution in [-0.4, -0.2) is 19.3 Å². The average Bonchev–Trinajstić information content (AvgIpc) is 3.60. The fraction of sp³-hybridized carbons (Fsp3) is 0.256. The van der Waals surface area contributed by atoms with Crippen LogP contribution in [0.15, 0.2) is 85.1 Å². The minimum Gasteiger partial charge on any atom is -0.509 e. The molecule has 0 amide bonds. The zero-order valence-corrected chi connectivity index (χ0v) is 30.7. The van der Waals surface area contributed by atoms with Crippen molar-refractivity contribution in [2.45, 2.75) is 73.6 Å². The molecule has 0 unspecified atom stereocenters. The normalized spacial score (nSPS) is 11.3. The Bertz CT molecular complexity index is 2260. The number of fused-ring (bicyclic) bond motifs is 3. The molecular formula is C43H42N4OPd. The Labute approximate surface area is 303 Å². The minimum absolute atomic E-state index is 0. The van der Waals surface area contributed by atoms with Gasteiger partial charge in [0.1, 0.15) is 5.82 Å². The Hall–Kier alpha value is -4.50. The summed E-state index contributed by atoms with van der Waals surface area (Å²) in [4.78, 5) is 4.73. The third kappa shape index (κ3) is 6.48. The van der Waals surface area contributed by atoms with E-state index in [1.807, 2.05) is 18.3 Å². The van der Waals surface area contributed by atoms with Crippen LogP contribution in [0.25, 0.3) is 44.4 Å². The molecule has 0 aliphatic heterocycles. The second kappa shape index (κ2) is 14.5. The van der Waals surface area contributed by atoms with Crippen LogP contribution in [0.2, 0.25) is 0 Å². The summed E-state index contributed by atoms with van der Waals surface area (Å²) < 4.78 is 10.9. The molecule has 5 nitrogen and oxygen atoms in total. The molecule has 0 spiro atoms. The number of aromatic nitrogens is 4. The van der Waals surface area contributed by atoms with Crippen molar-refractivity contribution in [1.29, 1.82) is 0 Å². The number of para-hydroxylation sites is 1. The van der Waals surface area contributed by atoms with Crippen LogP contribution in [0.3, 0.4) is 0 Å². The van der Waals surface area contributed by atoms with Crippen molar-refractivity contribution in [3.05, 3.63) is 131 Å². The molecule has 0 aliphatic carbocycles. The predicted molar refractivity (Wildman–Crippen MR) is 197 cm³/mol. The molecular weight excluding hydrogens is 695 g/mol. The van der Waals surface area contributed by atoms with Crippen molar-refractivity contribution < 1.29 is 25.2 Å². The van der Waals surface area contributed by atoms with E-state index in [1.54, 1.807) is 0 Å². The molecule has 6 heteroatoms. The van der Waals surface area contributed by atoms with E-state index >= 15 is 0 Å². The molecule has 0 radical (unpaired) electrons. The Kier molecular flexibility index (Phi) is 10.2. The van der Waals surface area contributed by atoms with E-state index in [2.05, 4.69) is 130 Å². The smallest absolute Gasteiger partial charge is 0.509 e. The molecule has 3 aromatic heterocycles. The summed E-state index contributed by atoms with van der Waals surface area (Å²) in [5, 5.41) is 7.57. The molecule has 0 bridgehead atoms. The number of pyridine rings is 1. The summed E-state index contributed by atoms with van der Waals surface area (Å²) in [6.07, 6.45) is 6.61. The molecule has 0 aliphatic rings. The van der Waals surface area contributed by atoms with E-state index in [4.69, 9.17) is 14.8 Å². The van der Waals surface area contributed by atoms with Crippen molar-refractivity contribution >= 4 is 21.8 Å². The van der Waals surface area contributed by atoms with Crippen molar-refractivity contribution in [2.24, 2.45) is 0 Å². The molecule has 7 aromatic rings. The predicted octanol–water partition coefficient (Wildman–Crippen LogP) is 10.8. The maximum Gasteiger partial charge on any atom is 2.00 e. The molecule has 7 rings (SSSR count). The molecule has 0 saturated heterocycles. The minimum atomic E-state index is 0. The topological polar surface area (TPSA) is 44.9 Å². The van der Waals surface area contributed by atoms with Gasteiger partial charge in [0.05, 0.1) is 5.69 Å². The van der Waals surface area contributed by atoms with Gasteiger partial charge >= 0.3 is 20.4 Å². The molecule has 49 heavy (non-hydrogen) atoms. The van der Waals surface area contributed by atoms with Crippen molar-refractivity contribution in [3.63, 3.8) is 0 Å². The fourth-order valence-corrected chi connectivity index (χ4v) is 6.97. The first-order valence-corrected chi connectivity index (χ1v) is 17.2. The van der Waals surface area contributed by atoms with Gasteiger partial charge in [-0.15, -0.1) is 35.7 Å². The maximum atomic E-state index is 6.62. The van der Waals surface area contributed by atoms with Crippen LogP contribution in [0.5, 0.6) is 11.5 Å². The van der Waals surface area contributed by atoms with Gasteiger partial charge < -0.3 is 9.30 Å². The van der Waals surface area contributed by atoms with Crippen molar-refractivity contribution in [1.82, 2.24) is 19.3 Å². The number of hydrogen-bond donors (Lipinski definition) is 0. The SMILES string of the molecule is CCCc1nn(-c2[c-]c(Oc3[c-]c4c(cc3)c3ccccc3n4-c3cc(C)ccn3)cc(CC)c2)c(CCC)c1-c1c(C)cccc1C.[Pd+2]. The van der Waals surface area contributed by atoms with Crippen LogP contribution in [-0.2, 0) is 39.7 Å². The zero-order valence-electron chi connectivity index (χ0n) is 29.1. The summed E-state index contributed by atoms with van der Waals surface area (Å²) in [7, 11) is 0. The standard InChI is InChI=1S/C43H42N4O.Pd/c1-7-13-37-43(42-29(5)15-12-16-30(42)6)39(14-8-2)47(45-37)32-24-31(9-3)25-34(26-32)48-33-19-20-36-35-17-10-11-18-38(35)46(40(36)27-33)41-23-28(4)21-22-44-41;/h10-12,15-25H,7-9,13-14H2,1-6H3;/q-2;+2. The van der Waals surface area contributed by atoms with Crippen LogP contribution in [0.1, 0.15) is 67.3 Å². The Morgan fingerprint density at radius 1 is 0.735 bits per heavy atom. The first-order chi connectivity index (χ1) is 23.4. The third-order valence-electron chi connectivity index (χ3n) is 9.19. The molecule has 3 heterocycles. The number of aryl methyl sites for hydroxylation is 5. The van der Waals surface area contributed by atoms with Gasteiger partial charge in [0.25, 0.3) is 0 Å². The first-order valence-electron chi connectivity index (χ1n) is 17.2. The van der Waals surface area contributed by atoms with Crippen LogP contribution < -0.4 is 4.74 Å². The van der Waals surface area contributed by atoms with Crippen LogP contribution in [0.4, 0.5) is 0 Å². The van der Waals surface area contributed by atoms with Gasteiger partial charge in [0.2, 0.25) is 0 Å². The quantitative estimate of drug-likeness (QED) is 0.104. The molecule has 0 atom stereocenters. The van der Waals surface area contributed by atoms with Crippen molar-refractivity contribution in [3.8, 4) is 34.1 Å². The van der Waals surface area contributed by atoms with Gasteiger partial charge in [-0.1, -0.05) is 81.9 Å². The average molecular weight is 737 g/mol. The summed E-state index contributed by atoms with van der Waals surface area (Å²) >= 11 is 0. The van der Waals surface area contributed by atoms with Crippen LogP contribution in [0, 0.1) is 32.9 Å². The maximum absolute atomic E-state index is 6.62. The summed E-state index contributed by atoms with van der Waals surface area (Å²) in [5.74, 6) is 2.15. The van der Waals surface area contributed by atoms with E-state index in [9.17, 15) is 0 Å². The molecule has 250 valence electrons. The number of nitrogens with zero attached hydrogens (tertiary/aromatic N) is 4. The van der Waals surface area contributed by atoms with Crippen molar-refractivity contribution in [2.75, 3.05) is 0 Å². The van der Waals surface area contributed by atoms with E-state index in [-0.39, 0.29) is 20.4 Å². The van der Waals surface area contributed by atoms with E-state index in [0.29, 0.717) is 11.5 Å². The van der Waals surface area contributed by atoms with Crippen LogP contribution >= 0.6 is 0 Å². The van der Waals surface area contributed by atoms with E-state index in [0.717, 1.165) is 76.7 Å². The number of hydrogen-bond acceptors (Lipinski definition) is 3. The number of benzene rings is 4. The van der Waals surface area contributed by atoms with Gasteiger partial charge in [-0.05, 0) is 85.1 Å². The Balaban J connectivity index is 0.00000417. The molecule has 0 N–H and O–H groups in total. The fourth-order valence-electron chi connectivity index (χ4n) is 6.97. The zero-order chi connectivity index (χ0) is 33.4.